The van der Waals surface area contributed by atoms with E-state index >= 15 is 0 Å². The van der Waals surface area contributed by atoms with E-state index in [1.54, 1.807) is 6.92 Å². The Hall–Kier alpha value is -1.01. The van der Waals surface area contributed by atoms with Crippen LogP contribution in [0.2, 0.25) is 0 Å². The summed E-state index contributed by atoms with van der Waals surface area (Å²) < 4.78 is 49.3. The number of hydrogen-bond donors (Lipinski definition) is 1. The van der Waals surface area contributed by atoms with Crippen LogP contribution in [0.4, 0.5) is 8.78 Å². The zero-order chi connectivity index (χ0) is 13.1. The third-order valence-electron chi connectivity index (χ3n) is 2.31. The van der Waals surface area contributed by atoms with Gasteiger partial charge in [0, 0.05) is 17.4 Å². The predicted molar refractivity (Wildman–Crippen MR) is 62.2 cm³/mol. The van der Waals surface area contributed by atoms with E-state index in [0.29, 0.717) is 6.42 Å². The van der Waals surface area contributed by atoms with Gasteiger partial charge >= 0.3 is 0 Å². The van der Waals surface area contributed by atoms with Crippen molar-refractivity contribution in [3.8, 4) is 0 Å². The first-order chi connectivity index (χ1) is 7.85. The Balaban J connectivity index is 2.90. The number of halogens is 2. The minimum Gasteiger partial charge on any atom is -0.323 e. The number of benzene rings is 1. The molecule has 0 fully saturated rings. The Labute approximate surface area is 99.6 Å². The van der Waals surface area contributed by atoms with Gasteiger partial charge in [-0.3, -0.25) is 0 Å². The molecule has 1 rings (SSSR count). The summed E-state index contributed by atoms with van der Waals surface area (Å²) in [5, 5.41) is 0. The Kier molecular flexibility index (Phi) is 4.59. The molecule has 0 saturated carbocycles. The fourth-order valence-electron chi connectivity index (χ4n) is 1.56. The normalized spacial score (nSPS) is 13.6. The van der Waals surface area contributed by atoms with Gasteiger partial charge in [-0.25, -0.2) is 17.2 Å². The molecule has 0 amide bonds. The van der Waals surface area contributed by atoms with Gasteiger partial charge in [-0.15, -0.1) is 0 Å². The number of nitrogens with two attached hydrogens (primary N) is 1. The van der Waals surface area contributed by atoms with Crippen molar-refractivity contribution in [2.45, 2.75) is 19.4 Å². The molecular weight excluding hydrogens is 248 g/mol. The fraction of sp³-hybridized carbons (Fsp3) is 0.455. The van der Waals surface area contributed by atoms with Crippen LogP contribution >= 0.6 is 0 Å². The molecular formula is C11H15F2NO2S. The third-order valence-corrected chi connectivity index (χ3v) is 4.20. The highest BCUT2D eigenvalue weighted by atomic mass is 32.2. The fourth-order valence-corrected chi connectivity index (χ4v) is 3.07. The van der Waals surface area contributed by atoms with Gasteiger partial charge in [-0.05, 0) is 24.6 Å². The Morgan fingerprint density at radius 1 is 1.35 bits per heavy atom. The number of sulfone groups is 1. The zero-order valence-corrected chi connectivity index (χ0v) is 10.3. The van der Waals surface area contributed by atoms with E-state index in [1.165, 1.54) is 0 Å². The molecule has 0 bridgehead atoms. The standard InChI is InChI=1S/C11H15F2NO2S/c1-2-5-17(15,16)7-11(14)9-6-8(12)3-4-10(9)13/h3-4,6,11H,2,5,7,14H2,1H3. The quantitative estimate of drug-likeness (QED) is 0.881. The molecule has 1 aromatic rings. The second-order valence-corrected chi connectivity index (χ2v) is 6.12. The topological polar surface area (TPSA) is 60.2 Å². The molecule has 1 atom stereocenters. The van der Waals surface area contributed by atoms with Crippen LogP contribution in [-0.4, -0.2) is 19.9 Å². The highest BCUT2D eigenvalue weighted by molar-refractivity contribution is 7.91. The number of rotatable bonds is 5. The van der Waals surface area contributed by atoms with Crippen molar-refractivity contribution in [3.05, 3.63) is 35.4 Å². The molecule has 17 heavy (non-hydrogen) atoms. The van der Waals surface area contributed by atoms with E-state index in [0.717, 1.165) is 18.2 Å². The van der Waals surface area contributed by atoms with E-state index in [1.807, 2.05) is 0 Å². The van der Waals surface area contributed by atoms with Crippen molar-refractivity contribution in [1.82, 2.24) is 0 Å². The average molecular weight is 263 g/mol. The average Bonchev–Trinajstić information content (AvgIpc) is 2.20. The lowest BCUT2D eigenvalue weighted by molar-refractivity contribution is 0.562. The van der Waals surface area contributed by atoms with Crippen LogP contribution in [0.1, 0.15) is 24.9 Å². The van der Waals surface area contributed by atoms with Gasteiger partial charge in [0.1, 0.15) is 11.6 Å². The lowest BCUT2D eigenvalue weighted by Crippen LogP contribution is -2.24. The molecule has 3 nitrogen and oxygen atoms in total. The minimum atomic E-state index is -3.32. The van der Waals surface area contributed by atoms with Crippen molar-refractivity contribution in [2.24, 2.45) is 5.73 Å². The van der Waals surface area contributed by atoms with Crippen molar-refractivity contribution < 1.29 is 17.2 Å². The summed E-state index contributed by atoms with van der Waals surface area (Å²) in [6.07, 6.45) is 0.473. The largest absolute Gasteiger partial charge is 0.323 e. The molecule has 0 aliphatic rings. The maximum absolute atomic E-state index is 13.3. The molecule has 0 radical (unpaired) electrons. The Morgan fingerprint density at radius 2 is 2.00 bits per heavy atom. The highest BCUT2D eigenvalue weighted by Crippen LogP contribution is 2.18. The molecule has 2 N–H and O–H groups in total. The molecule has 0 aliphatic heterocycles. The van der Waals surface area contributed by atoms with Gasteiger partial charge in [-0.1, -0.05) is 6.92 Å². The van der Waals surface area contributed by atoms with Crippen molar-refractivity contribution in [2.75, 3.05) is 11.5 Å². The molecule has 0 spiro atoms. The van der Waals surface area contributed by atoms with Gasteiger partial charge in [0.2, 0.25) is 0 Å². The van der Waals surface area contributed by atoms with Crippen LogP contribution in [0.5, 0.6) is 0 Å². The van der Waals surface area contributed by atoms with Crippen molar-refractivity contribution in [1.29, 1.82) is 0 Å². The summed E-state index contributed by atoms with van der Waals surface area (Å²) in [5.41, 5.74) is 5.49. The second-order valence-electron chi connectivity index (χ2n) is 3.89. The summed E-state index contributed by atoms with van der Waals surface area (Å²) in [4.78, 5) is 0. The van der Waals surface area contributed by atoms with Gasteiger partial charge in [0.15, 0.2) is 9.84 Å². The molecule has 0 aromatic heterocycles. The maximum Gasteiger partial charge on any atom is 0.152 e. The van der Waals surface area contributed by atoms with Crippen LogP contribution in [0.25, 0.3) is 0 Å². The van der Waals surface area contributed by atoms with Crippen LogP contribution in [0.15, 0.2) is 18.2 Å². The highest BCUT2D eigenvalue weighted by Gasteiger charge is 2.19. The van der Waals surface area contributed by atoms with E-state index in [-0.39, 0.29) is 17.1 Å². The van der Waals surface area contributed by atoms with Gasteiger partial charge in [0.05, 0.1) is 5.75 Å². The van der Waals surface area contributed by atoms with E-state index < -0.39 is 27.5 Å². The first-order valence-electron chi connectivity index (χ1n) is 5.26. The lowest BCUT2D eigenvalue weighted by Gasteiger charge is -2.13. The molecule has 1 aromatic carbocycles. The maximum atomic E-state index is 13.3. The van der Waals surface area contributed by atoms with Gasteiger partial charge in [0.25, 0.3) is 0 Å². The number of hydrogen-bond acceptors (Lipinski definition) is 3. The van der Waals surface area contributed by atoms with E-state index in [2.05, 4.69) is 0 Å². The first-order valence-corrected chi connectivity index (χ1v) is 7.09. The second kappa shape index (κ2) is 5.55. The van der Waals surface area contributed by atoms with Crippen LogP contribution in [0, 0.1) is 11.6 Å². The van der Waals surface area contributed by atoms with Gasteiger partial charge in [-0.2, -0.15) is 0 Å². The predicted octanol–water partition coefficient (Wildman–Crippen LogP) is 1.79. The summed E-state index contributed by atoms with van der Waals surface area (Å²) in [7, 11) is -3.32. The molecule has 0 heterocycles. The smallest absolute Gasteiger partial charge is 0.152 e. The molecule has 0 saturated heterocycles. The molecule has 0 aliphatic carbocycles. The summed E-state index contributed by atoms with van der Waals surface area (Å²) in [6.45, 7) is 1.73. The SMILES string of the molecule is CCCS(=O)(=O)CC(N)c1cc(F)ccc1F. The minimum absolute atomic E-state index is 0.00235. The molecule has 6 heteroatoms. The third kappa shape index (κ3) is 4.05. The first kappa shape index (κ1) is 14.1. The van der Waals surface area contributed by atoms with Crippen molar-refractivity contribution in [3.63, 3.8) is 0 Å². The summed E-state index contributed by atoms with van der Waals surface area (Å²) in [6, 6.07) is 1.80. The molecule has 1 unspecified atom stereocenters. The van der Waals surface area contributed by atoms with Gasteiger partial charge < -0.3 is 5.73 Å². The lowest BCUT2D eigenvalue weighted by atomic mass is 10.1. The Morgan fingerprint density at radius 3 is 2.59 bits per heavy atom. The van der Waals surface area contributed by atoms with Crippen LogP contribution in [0.3, 0.4) is 0 Å². The summed E-state index contributed by atoms with van der Waals surface area (Å²) in [5.74, 6) is -1.70. The Bertz CT molecular complexity index is 488. The molecule has 96 valence electrons. The van der Waals surface area contributed by atoms with E-state index in [9.17, 15) is 17.2 Å². The summed E-state index contributed by atoms with van der Waals surface area (Å²) >= 11 is 0. The van der Waals surface area contributed by atoms with Crippen LogP contribution < -0.4 is 5.73 Å². The zero-order valence-electron chi connectivity index (χ0n) is 9.49. The van der Waals surface area contributed by atoms with Crippen molar-refractivity contribution >= 4 is 9.84 Å². The monoisotopic (exact) mass is 263 g/mol. The van der Waals surface area contributed by atoms with E-state index in [4.69, 9.17) is 5.73 Å². The van der Waals surface area contributed by atoms with Crippen LogP contribution in [-0.2, 0) is 9.84 Å².